The minimum absolute atomic E-state index is 0.255. The van der Waals surface area contributed by atoms with Crippen molar-refractivity contribution in [3.8, 4) is 0 Å². The van der Waals surface area contributed by atoms with E-state index in [1.165, 1.54) is 6.20 Å². The SMILES string of the molecule is CN(C)Cc1ccccc1NC(=O)c1cnc2ccccc2n1. The summed E-state index contributed by atoms with van der Waals surface area (Å²) in [6.45, 7) is 0.750. The third-order valence-corrected chi connectivity index (χ3v) is 3.43. The van der Waals surface area contributed by atoms with Gasteiger partial charge in [-0.1, -0.05) is 30.3 Å². The van der Waals surface area contributed by atoms with E-state index in [4.69, 9.17) is 0 Å². The summed E-state index contributed by atoms with van der Waals surface area (Å²) < 4.78 is 0. The Balaban J connectivity index is 1.86. The second kappa shape index (κ2) is 6.54. The lowest BCUT2D eigenvalue weighted by molar-refractivity contribution is 0.102. The van der Waals surface area contributed by atoms with Gasteiger partial charge in [0.25, 0.3) is 5.91 Å². The topological polar surface area (TPSA) is 58.1 Å². The van der Waals surface area contributed by atoms with E-state index in [-0.39, 0.29) is 5.91 Å². The van der Waals surface area contributed by atoms with E-state index in [1.54, 1.807) is 0 Å². The zero-order chi connectivity index (χ0) is 16.2. The van der Waals surface area contributed by atoms with E-state index in [1.807, 2.05) is 62.6 Å². The van der Waals surface area contributed by atoms with Crippen LogP contribution in [0.3, 0.4) is 0 Å². The number of carbonyl (C=O) groups is 1. The predicted octanol–water partition coefficient (Wildman–Crippen LogP) is 2.94. The molecule has 1 heterocycles. The number of nitrogens with one attached hydrogen (secondary N) is 1. The van der Waals surface area contributed by atoms with Gasteiger partial charge >= 0.3 is 0 Å². The number of amides is 1. The van der Waals surface area contributed by atoms with Crippen molar-refractivity contribution in [1.29, 1.82) is 0 Å². The summed E-state index contributed by atoms with van der Waals surface area (Å²) in [5, 5.41) is 2.93. The first-order valence-electron chi connectivity index (χ1n) is 7.39. The third-order valence-electron chi connectivity index (χ3n) is 3.43. The van der Waals surface area contributed by atoms with Crippen LogP contribution < -0.4 is 5.32 Å². The molecular weight excluding hydrogens is 288 g/mol. The molecule has 0 radical (unpaired) electrons. The average molecular weight is 306 g/mol. The highest BCUT2D eigenvalue weighted by atomic mass is 16.1. The highest BCUT2D eigenvalue weighted by Gasteiger charge is 2.12. The number of nitrogens with zero attached hydrogens (tertiary/aromatic N) is 3. The molecule has 1 amide bonds. The number of rotatable bonds is 4. The molecule has 3 aromatic rings. The standard InChI is InChI=1S/C18H18N4O/c1-22(2)12-13-7-3-4-8-14(13)21-18(23)17-11-19-15-9-5-6-10-16(15)20-17/h3-11H,12H2,1-2H3,(H,21,23). The molecule has 5 heteroatoms. The molecule has 0 atom stereocenters. The summed E-state index contributed by atoms with van der Waals surface area (Å²) >= 11 is 0. The van der Waals surface area contributed by atoms with Crippen LogP contribution in [0.5, 0.6) is 0 Å². The molecule has 0 fully saturated rings. The summed E-state index contributed by atoms with van der Waals surface area (Å²) in [5.41, 5.74) is 3.64. The van der Waals surface area contributed by atoms with Crippen LogP contribution in [0, 0.1) is 0 Å². The summed E-state index contributed by atoms with van der Waals surface area (Å²) in [7, 11) is 3.99. The van der Waals surface area contributed by atoms with Gasteiger partial charge in [0.1, 0.15) is 5.69 Å². The smallest absolute Gasteiger partial charge is 0.275 e. The van der Waals surface area contributed by atoms with Crippen molar-refractivity contribution < 1.29 is 4.79 Å². The molecule has 1 N–H and O–H groups in total. The van der Waals surface area contributed by atoms with Crippen LogP contribution in [0.15, 0.2) is 54.7 Å². The lowest BCUT2D eigenvalue weighted by Gasteiger charge is -2.14. The number of hydrogen-bond acceptors (Lipinski definition) is 4. The van der Waals surface area contributed by atoms with Crippen molar-refractivity contribution in [3.63, 3.8) is 0 Å². The molecule has 0 aliphatic heterocycles. The molecule has 0 spiro atoms. The molecule has 3 rings (SSSR count). The van der Waals surface area contributed by atoms with E-state index in [0.29, 0.717) is 11.2 Å². The molecule has 2 aromatic carbocycles. The van der Waals surface area contributed by atoms with Crippen molar-refractivity contribution in [2.24, 2.45) is 0 Å². The minimum Gasteiger partial charge on any atom is -0.320 e. The van der Waals surface area contributed by atoms with E-state index in [9.17, 15) is 4.79 Å². The Labute approximate surface area is 135 Å². The van der Waals surface area contributed by atoms with Crippen LogP contribution in [0.25, 0.3) is 11.0 Å². The van der Waals surface area contributed by atoms with Gasteiger partial charge in [-0.2, -0.15) is 0 Å². The second-order valence-corrected chi connectivity index (χ2v) is 5.59. The van der Waals surface area contributed by atoms with E-state index < -0.39 is 0 Å². The maximum absolute atomic E-state index is 12.5. The number of carbonyl (C=O) groups excluding carboxylic acids is 1. The Hall–Kier alpha value is -2.79. The number of para-hydroxylation sites is 3. The summed E-state index contributed by atoms with van der Waals surface area (Å²) in [6.07, 6.45) is 1.51. The van der Waals surface area contributed by atoms with Gasteiger partial charge in [-0.3, -0.25) is 9.78 Å². The highest BCUT2D eigenvalue weighted by molar-refractivity contribution is 6.03. The van der Waals surface area contributed by atoms with Gasteiger partial charge in [-0.15, -0.1) is 0 Å². The van der Waals surface area contributed by atoms with Gasteiger partial charge in [0.2, 0.25) is 0 Å². The van der Waals surface area contributed by atoms with Crippen molar-refractivity contribution in [2.75, 3.05) is 19.4 Å². The van der Waals surface area contributed by atoms with Gasteiger partial charge < -0.3 is 10.2 Å². The van der Waals surface area contributed by atoms with E-state index in [2.05, 4.69) is 20.2 Å². The predicted molar refractivity (Wildman–Crippen MR) is 91.3 cm³/mol. The van der Waals surface area contributed by atoms with Crippen molar-refractivity contribution in [2.45, 2.75) is 6.54 Å². The van der Waals surface area contributed by atoms with Gasteiger partial charge in [-0.25, -0.2) is 4.98 Å². The summed E-state index contributed by atoms with van der Waals surface area (Å²) in [4.78, 5) is 23.2. The zero-order valence-electron chi connectivity index (χ0n) is 13.2. The molecule has 0 bridgehead atoms. The highest BCUT2D eigenvalue weighted by Crippen LogP contribution is 2.17. The Morgan fingerprint density at radius 3 is 2.52 bits per heavy atom. The Kier molecular flexibility index (Phi) is 4.30. The molecule has 0 aliphatic rings. The lowest BCUT2D eigenvalue weighted by atomic mass is 10.1. The van der Waals surface area contributed by atoms with Crippen molar-refractivity contribution >= 4 is 22.6 Å². The van der Waals surface area contributed by atoms with Gasteiger partial charge in [0.15, 0.2) is 0 Å². The minimum atomic E-state index is -0.255. The van der Waals surface area contributed by atoms with Crippen LogP contribution in [0.4, 0.5) is 5.69 Å². The normalized spacial score (nSPS) is 10.9. The fourth-order valence-electron chi connectivity index (χ4n) is 2.37. The lowest BCUT2D eigenvalue weighted by Crippen LogP contribution is -2.17. The number of anilines is 1. The number of fused-ring (bicyclic) bond motifs is 1. The molecule has 23 heavy (non-hydrogen) atoms. The monoisotopic (exact) mass is 306 g/mol. The second-order valence-electron chi connectivity index (χ2n) is 5.59. The van der Waals surface area contributed by atoms with Crippen molar-refractivity contribution in [1.82, 2.24) is 14.9 Å². The summed E-state index contributed by atoms with van der Waals surface area (Å²) in [5.74, 6) is -0.255. The fraction of sp³-hybridized carbons (Fsp3) is 0.167. The number of aromatic nitrogens is 2. The first kappa shape index (κ1) is 15.1. The largest absolute Gasteiger partial charge is 0.320 e. The van der Waals surface area contributed by atoms with Crippen LogP contribution in [-0.2, 0) is 6.54 Å². The maximum Gasteiger partial charge on any atom is 0.275 e. The summed E-state index contributed by atoms with van der Waals surface area (Å²) in [6, 6.07) is 15.3. The zero-order valence-corrected chi connectivity index (χ0v) is 13.2. The van der Waals surface area contributed by atoms with Crippen molar-refractivity contribution in [3.05, 3.63) is 66.0 Å². The third kappa shape index (κ3) is 3.52. The number of benzene rings is 2. The Morgan fingerprint density at radius 1 is 1.04 bits per heavy atom. The quantitative estimate of drug-likeness (QED) is 0.805. The fourth-order valence-corrected chi connectivity index (χ4v) is 2.37. The molecule has 0 unspecified atom stereocenters. The van der Waals surface area contributed by atoms with Gasteiger partial charge in [0.05, 0.1) is 17.2 Å². The van der Waals surface area contributed by atoms with Gasteiger partial charge in [-0.05, 0) is 37.9 Å². The molecule has 116 valence electrons. The first-order chi connectivity index (χ1) is 11.1. The van der Waals surface area contributed by atoms with E-state index >= 15 is 0 Å². The van der Waals surface area contributed by atoms with E-state index in [0.717, 1.165) is 23.3 Å². The molecule has 0 saturated carbocycles. The van der Waals surface area contributed by atoms with Crippen LogP contribution >= 0.6 is 0 Å². The molecule has 0 aliphatic carbocycles. The van der Waals surface area contributed by atoms with Crippen LogP contribution in [0.1, 0.15) is 16.1 Å². The van der Waals surface area contributed by atoms with Gasteiger partial charge in [0, 0.05) is 12.2 Å². The number of hydrogen-bond donors (Lipinski definition) is 1. The molecule has 0 saturated heterocycles. The molecule has 1 aromatic heterocycles. The van der Waals surface area contributed by atoms with Crippen LogP contribution in [-0.4, -0.2) is 34.9 Å². The maximum atomic E-state index is 12.5. The Bertz CT molecular complexity index is 845. The molecule has 5 nitrogen and oxygen atoms in total. The average Bonchev–Trinajstić information content (AvgIpc) is 2.55. The first-order valence-corrected chi connectivity index (χ1v) is 7.39. The Morgan fingerprint density at radius 2 is 1.74 bits per heavy atom. The van der Waals surface area contributed by atoms with Crippen LogP contribution in [0.2, 0.25) is 0 Å². The molecular formula is C18H18N4O.